The van der Waals surface area contributed by atoms with Gasteiger partial charge in [0.15, 0.2) is 5.43 Å². The predicted molar refractivity (Wildman–Crippen MR) is 119 cm³/mol. The number of hydrogen-bond acceptors (Lipinski definition) is 5. The van der Waals surface area contributed by atoms with E-state index in [1.165, 1.54) is 16.7 Å². The van der Waals surface area contributed by atoms with Gasteiger partial charge in [0.1, 0.15) is 16.8 Å². The zero-order valence-electron chi connectivity index (χ0n) is 17.9. The van der Waals surface area contributed by atoms with Gasteiger partial charge in [0, 0.05) is 18.7 Å². The average Bonchev–Trinajstić information content (AvgIpc) is 2.72. The van der Waals surface area contributed by atoms with E-state index in [9.17, 15) is 19.2 Å². The maximum Gasteiger partial charge on any atom is 0.329 e. The van der Waals surface area contributed by atoms with Gasteiger partial charge in [-0.3, -0.25) is 23.9 Å². The molecule has 3 rings (SSSR count). The maximum atomic E-state index is 12.7. The zero-order chi connectivity index (χ0) is 22.4. The van der Waals surface area contributed by atoms with Gasteiger partial charge in [-0.1, -0.05) is 39.5 Å². The zero-order valence-corrected chi connectivity index (χ0v) is 17.9. The van der Waals surface area contributed by atoms with Gasteiger partial charge in [0.25, 0.3) is 5.56 Å². The smallest absolute Gasteiger partial charge is 0.329 e. The Kier molecular flexibility index (Phi) is 7.28. The molecule has 0 amide bonds. The van der Waals surface area contributed by atoms with Crippen molar-refractivity contribution in [3.05, 3.63) is 65.3 Å². The number of aromatic amines is 3. The standard InChI is InChI=1S/C22H28N4O5/c1-3-5-7-9-14-16(10-11-17(28)23-14)31-18-13-15(27)19-20(24-18)26(12-8-6-4-2)22(30)25-21(19)29/h10-11,13H,3-9,12H2,1-2H3,(H,23,28)(H,24,27)(H,25,29,30). The molecule has 0 saturated heterocycles. The summed E-state index contributed by atoms with van der Waals surface area (Å²) in [5, 5.41) is -0.118. The third-order valence-electron chi connectivity index (χ3n) is 5.14. The molecule has 0 fully saturated rings. The number of aromatic nitrogens is 4. The van der Waals surface area contributed by atoms with Gasteiger partial charge in [-0.05, 0) is 25.3 Å². The van der Waals surface area contributed by atoms with E-state index in [-0.39, 0.29) is 22.5 Å². The first-order valence-corrected chi connectivity index (χ1v) is 10.7. The van der Waals surface area contributed by atoms with Crippen LogP contribution in [0.4, 0.5) is 0 Å². The summed E-state index contributed by atoms with van der Waals surface area (Å²) in [5.41, 5.74) is -1.33. The molecule has 0 atom stereocenters. The highest BCUT2D eigenvalue weighted by Gasteiger charge is 2.14. The number of unbranched alkanes of at least 4 members (excludes halogenated alkanes) is 4. The first-order chi connectivity index (χ1) is 14.9. The molecule has 0 aliphatic rings. The van der Waals surface area contributed by atoms with Crippen molar-refractivity contribution < 1.29 is 4.74 Å². The minimum atomic E-state index is -0.733. The molecule has 9 heteroatoms. The Morgan fingerprint density at radius 2 is 1.65 bits per heavy atom. The number of rotatable bonds is 10. The second-order valence-corrected chi connectivity index (χ2v) is 7.56. The number of nitrogens with zero attached hydrogens (tertiary/aromatic N) is 1. The van der Waals surface area contributed by atoms with Crippen molar-refractivity contribution in [2.45, 2.75) is 65.3 Å². The minimum Gasteiger partial charge on any atom is -0.439 e. The van der Waals surface area contributed by atoms with Crippen LogP contribution in [-0.2, 0) is 13.0 Å². The quantitative estimate of drug-likeness (QED) is 0.428. The van der Waals surface area contributed by atoms with E-state index in [0.717, 1.165) is 38.5 Å². The molecule has 0 aromatic carbocycles. The largest absolute Gasteiger partial charge is 0.439 e. The molecule has 0 radical (unpaired) electrons. The second kappa shape index (κ2) is 10.1. The van der Waals surface area contributed by atoms with Gasteiger partial charge in [0.05, 0.1) is 5.69 Å². The molecule has 3 aromatic rings. The van der Waals surface area contributed by atoms with Crippen LogP contribution in [0.2, 0.25) is 0 Å². The molecule has 9 nitrogen and oxygen atoms in total. The molecule has 0 bridgehead atoms. The summed E-state index contributed by atoms with van der Waals surface area (Å²) in [6.45, 7) is 4.50. The molecule has 31 heavy (non-hydrogen) atoms. The minimum absolute atomic E-state index is 0.0931. The number of hydrogen-bond donors (Lipinski definition) is 3. The first-order valence-electron chi connectivity index (χ1n) is 10.7. The summed E-state index contributed by atoms with van der Waals surface area (Å²) in [6, 6.07) is 4.08. The fourth-order valence-electron chi connectivity index (χ4n) is 3.52. The van der Waals surface area contributed by atoms with Crippen LogP contribution < -0.4 is 27.0 Å². The van der Waals surface area contributed by atoms with E-state index in [2.05, 4.69) is 21.9 Å². The van der Waals surface area contributed by atoms with E-state index >= 15 is 0 Å². The second-order valence-electron chi connectivity index (χ2n) is 7.56. The number of fused-ring (bicyclic) bond motifs is 1. The fraction of sp³-hybridized carbons (Fsp3) is 0.455. The highest BCUT2D eigenvalue weighted by Crippen LogP contribution is 2.23. The lowest BCUT2D eigenvalue weighted by molar-refractivity contribution is 0.451. The van der Waals surface area contributed by atoms with Crippen molar-refractivity contribution in [2.24, 2.45) is 0 Å². The van der Waals surface area contributed by atoms with Crippen LogP contribution in [-0.4, -0.2) is 19.5 Å². The molecule has 0 aliphatic heterocycles. The lowest BCUT2D eigenvalue weighted by Crippen LogP contribution is -2.33. The highest BCUT2D eigenvalue weighted by molar-refractivity contribution is 5.74. The SMILES string of the molecule is CCCCCc1[nH]c(=O)ccc1Oc1cc(=O)c2c(=O)[nH]c(=O)n(CCCCC)c2[nH]1. The average molecular weight is 428 g/mol. The van der Waals surface area contributed by atoms with Crippen LogP contribution in [0.25, 0.3) is 11.0 Å². The summed E-state index contributed by atoms with van der Waals surface area (Å²) in [7, 11) is 0. The van der Waals surface area contributed by atoms with Crippen molar-refractivity contribution in [1.29, 1.82) is 0 Å². The Balaban J connectivity index is 2.05. The third-order valence-corrected chi connectivity index (χ3v) is 5.14. The molecular formula is C22H28N4O5. The maximum absolute atomic E-state index is 12.7. The van der Waals surface area contributed by atoms with Crippen LogP contribution in [0.15, 0.2) is 37.4 Å². The molecule has 0 aliphatic carbocycles. The van der Waals surface area contributed by atoms with Crippen LogP contribution in [0.3, 0.4) is 0 Å². The van der Waals surface area contributed by atoms with Gasteiger partial charge in [-0.15, -0.1) is 0 Å². The van der Waals surface area contributed by atoms with Gasteiger partial charge in [-0.25, -0.2) is 4.79 Å². The molecule has 0 unspecified atom stereocenters. The van der Waals surface area contributed by atoms with Crippen molar-refractivity contribution in [2.75, 3.05) is 0 Å². The Morgan fingerprint density at radius 1 is 0.903 bits per heavy atom. The van der Waals surface area contributed by atoms with Gasteiger partial charge in [-0.2, -0.15) is 0 Å². The number of pyridine rings is 2. The van der Waals surface area contributed by atoms with E-state index < -0.39 is 16.7 Å². The fourth-order valence-corrected chi connectivity index (χ4v) is 3.52. The van der Waals surface area contributed by atoms with E-state index in [1.807, 2.05) is 6.92 Å². The summed E-state index contributed by atoms with van der Waals surface area (Å²) in [6.07, 6.45) is 6.16. The number of aryl methyl sites for hydroxylation is 2. The highest BCUT2D eigenvalue weighted by atomic mass is 16.5. The van der Waals surface area contributed by atoms with Crippen LogP contribution in [0.5, 0.6) is 11.6 Å². The van der Waals surface area contributed by atoms with Crippen molar-refractivity contribution in [3.8, 4) is 11.6 Å². The first kappa shape index (κ1) is 22.3. The Hall–Kier alpha value is -3.36. The van der Waals surface area contributed by atoms with Crippen molar-refractivity contribution >= 4 is 11.0 Å². The number of ether oxygens (including phenoxy) is 1. The van der Waals surface area contributed by atoms with Crippen LogP contribution in [0.1, 0.15) is 58.1 Å². The number of nitrogens with one attached hydrogen (secondary N) is 3. The van der Waals surface area contributed by atoms with Crippen molar-refractivity contribution in [3.63, 3.8) is 0 Å². The van der Waals surface area contributed by atoms with Gasteiger partial charge in [0.2, 0.25) is 11.4 Å². The molecule has 3 N–H and O–H groups in total. The van der Waals surface area contributed by atoms with Crippen molar-refractivity contribution in [1.82, 2.24) is 19.5 Å². The van der Waals surface area contributed by atoms with Crippen LogP contribution >= 0.6 is 0 Å². The molecule has 0 spiro atoms. The lowest BCUT2D eigenvalue weighted by Gasteiger charge is -2.13. The molecule has 0 saturated carbocycles. The molecule has 166 valence electrons. The Bertz CT molecular complexity index is 1280. The third kappa shape index (κ3) is 5.22. The van der Waals surface area contributed by atoms with E-state index in [1.54, 1.807) is 6.07 Å². The lowest BCUT2D eigenvalue weighted by atomic mass is 10.1. The number of H-pyrrole nitrogens is 3. The predicted octanol–water partition coefficient (Wildman–Crippen LogP) is 2.78. The van der Waals surface area contributed by atoms with Gasteiger partial charge >= 0.3 is 5.69 Å². The Morgan fingerprint density at radius 3 is 2.39 bits per heavy atom. The summed E-state index contributed by atoms with van der Waals surface area (Å²) in [5.74, 6) is 0.506. The molecule has 3 heterocycles. The molecular weight excluding hydrogens is 400 g/mol. The van der Waals surface area contributed by atoms with Gasteiger partial charge < -0.3 is 14.7 Å². The van der Waals surface area contributed by atoms with Crippen LogP contribution in [0, 0.1) is 0 Å². The van der Waals surface area contributed by atoms with E-state index in [0.29, 0.717) is 24.4 Å². The van der Waals surface area contributed by atoms with E-state index in [4.69, 9.17) is 4.74 Å². The normalized spacial score (nSPS) is 11.2. The summed E-state index contributed by atoms with van der Waals surface area (Å²) >= 11 is 0. The molecule has 3 aromatic heterocycles. The Labute approximate surface area is 178 Å². The summed E-state index contributed by atoms with van der Waals surface area (Å²) in [4.78, 5) is 57.0. The monoisotopic (exact) mass is 428 g/mol. The topological polar surface area (TPSA) is 130 Å². The summed E-state index contributed by atoms with van der Waals surface area (Å²) < 4.78 is 7.25.